The summed E-state index contributed by atoms with van der Waals surface area (Å²) in [6.45, 7) is 4.31. The number of benzene rings is 4. The minimum absolute atomic E-state index is 0.240. The van der Waals surface area contributed by atoms with E-state index in [9.17, 15) is 4.39 Å². The number of rotatable bonds is 4. The number of aryl methyl sites for hydroxylation is 2. The first-order valence-electron chi connectivity index (χ1n) is 10.6. The molecule has 30 heavy (non-hydrogen) atoms. The summed E-state index contributed by atoms with van der Waals surface area (Å²) in [6, 6.07) is 26.4. The van der Waals surface area contributed by atoms with Crippen molar-refractivity contribution in [2.24, 2.45) is 0 Å². The van der Waals surface area contributed by atoms with E-state index in [-0.39, 0.29) is 5.82 Å². The van der Waals surface area contributed by atoms with Gasteiger partial charge in [0.15, 0.2) is 0 Å². The van der Waals surface area contributed by atoms with Crippen molar-refractivity contribution in [1.82, 2.24) is 0 Å². The highest BCUT2D eigenvalue weighted by atomic mass is 19.1. The van der Waals surface area contributed by atoms with Gasteiger partial charge in [0.1, 0.15) is 5.82 Å². The standard InChI is InChI=1S/C29H25F/c1-3-5-23-11-19-28-27(20-23)18-17-26(29(28)30)16-10-22-8-14-25(15-9-22)24-12-6-21(4-2)7-13-24/h6-9,11-15,17-20H,3-5H2,1-2H3. The van der Waals surface area contributed by atoms with Gasteiger partial charge in [-0.25, -0.2) is 4.39 Å². The molecule has 1 heteroatoms. The molecule has 0 unspecified atom stereocenters. The summed E-state index contributed by atoms with van der Waals surface area (Å²) in [5.74, 6) is 5.88. The van der Waals surface area contributed by atoms with Crippen LogP contribution in [0.1, 0.15) is 42.5 Å². The van der Waals surface area contributed by atoms with E-state index in [2.05, 4.69) is 68.2 Å². The van der Waals surface area contributed by atoms with Crippen LogP contribution in [0.4, 0.5) is 4.39 Å². The maximum atomic E-state index is 14.9. The summed E-state index contributed by atoms with van der Waals surface area (Å²) in [7, 11) is 0. The predicted molar refractivity (Wildman–Crippen MR) is 125 cm³/mol. The summed E-state index contributed by atoms with van der Waals surface area (Å²) in [6.07, 6.45) is 3.14. The Bertz CT molecular complexity index is 1220. The fraction of sp³-hybridized carbons (Fsp3) is 0.172. The van der Waals surface area contributed by atoms with E-state index in [0.717, 1.165) is 35.8 Å². The van der Waals surface area contributed by atoms with Crippen molar-refractivity contribution in [3.05, 3.63) is 107 Å². The van der Waals surface area contributed by atoms with Crippen LogP contribution in [0.15, 0.2) is 78.9 Å². The van der Waals surface area contributed by atoms with Crippen LogP contribution in [-0.2, 0) is 12.8 Å². The van der Waals surface area contributed by atoms with Crippen molar-refractivity contribution in [3.63, 3.8) is 0 Å². The average Bonchev–Trinajstić information content (AvgIpc) is 2.79. The Morgan fingerprint density at radius 3 is 2.03 bits per heavy atom. The lowest BCUT2D eigenvalue weighted by Crippen LogP contribution is -1.89. The zero-order valence-electron chi connectivity index (χ0n) is 17.5. The minimum Gasteiger partial charge on any atom is -0.205 e. The van der Waals surface area contributed by atoms with Crippen LogP contribution >= 0.6 is 0 Å². The van der Waals surface area contributed by atoms with Gasteiger partial charge in [-0.3, -0.25) is 0 Å². The molecule has 0 aromatic heterocycles. The number of hydrogen-bond acceptors (Lipinski definition) is 0. The molecule has 4 aromatic rings. The molecule has 0 saturated carbocycles. The second-order valence-electron chi connectivity index (χ2n) is 7.61. The van der Waals surface area contributed by atoms with Gasteiger partial charge in [-0.05, 0) is 58.7 Å². The molecular weight excluding hydrogens is 367 g/mol. The summed E-state index contributed by atoms with van der Waals surface area (Å²) < 4.78 is 14.9. The molecule has 0 aliphatic carbocycles. The molecule has 0 aliphatic rings. The molecule has 0 nitrogen and oxygen atoms in total. The summed E-state index contributed by atoms with van der Waals surface area (Å²) >= 11 is 0. The first-order chi connectivity index (χ1) is 14.7. The smallest absolute Gasteiger partial charge is 0.146 e. The van der Waals surface area contributed by atoms with Crippen molar-refractivity contribution >= 4 is 10.8 Å². The Morgan fingerprint density at radius 1 is 0.700 bits per heavy atom. The molecule has 148 valence electrons. The fourth-order valence-electron chi connectivity index (χ4n) is 3.70. The van der Waals surface area contributed by atoms with E-state index in [1.165, 1.54) is 16.7 Å². The van der Waals surface area contributed by atoms with Crippen LogP contribution in [0.25, 0.3) is 21.9 Å². The maximum absolute atomic E-state index is 14.9. The van der Waals surface area contributed by atoms with E-state index < -0.39 is 0 Å². The quantitative estimate of drug-likeness (QED) is 0.314. The molecular formula is C29H25F. The predicted octanol–water partition coefficient (Wildman–Crippen LogP) is 7.56. The molecule has 0 spiro atoms. The third kappa shape index (κ3) is 4.29. The third-order valence-electron chi connectivity index (χ3n) is 5.48. The second-order valence-corrected chi connectivity index (χ2v) is 7.61. The van der Waals surface area contributed by atoms with Crippen LogP contribution in [0, 0.1) is 17.7 Å². The highest BCUT2D eigenvalue weighted by molar-refractivity contribution is 5.85. The minimum atomic E-state index is -0.240. The normalized spacial score (nSPS) is 10.6. The van der Waals surface area contributed by atoms with Gasteiger partial charge in [0, 0.05) is 10.9 Å². The van der Waals surface area contributed by atoms with E-state index in [4.69, 9.17) is 0 Å². The molecule has 0 aliphatic heterocycles. The van der Waals surface area contributed by atoms with Crippen LogP contribution in [0.5, 0.6) is 0 Å². The van der Waals surface area contributed by atoms with Gasteiger partial charge in [-0.2, -0.15) is 0 Å². The molecule has 0 bridgehead atoms. The van der Waals surface area contributed by atoms with Crippen molar-refractivity contribution in [3.8, 4) is 23.0 Å². The lowest BCUT2D eigenvalue weighted by atomic mass is 10.0. The monoisotopic (exact) mass is 392 g/mol. The Balaban J connectivity index is 1.57. The first-order valence-corrected chi connectivity index (χ1v) is 10.6. The van der Waals surface area contributed by atoms with Gasteiger partial charge in [-0.15, -0.1) is 0 Å². The molecule has 0 heterocycles. The zero-order valence-corrected chi connectivity index (χ0v) is 17.5. The molecule has 0 saturated heterocycles. The average molecular weight is 393 g/mol. The van der Waals surface area contributed by atoms with Crippen molar-refractivity contribution in [2.75, 3.05) is 0 Å². The summed E-state index contributed by atoms with van der Waals surface area (Å²) in [5, 5.41) is 1.56. The van der Waals surface area contributed by atoms with Crippen LogP contribution in [0.3, 0.4) is 0 Å². The Kier molecular flexibility index (Phi) is 5.96. The van der Waals surface area contributed by atoms with Crippen LogP contribution in [-0.4, -0.2) is 0 Å². The maximum Gasteiger partial charge on any atom is 0.146 e. The second kappa shape index (κ2) is 8.97. The van der Waals surface area contributed by atoms with Crippen LogP contribution < -0.4 is 0 Å². The molecule has 0 fully saturated rings. The van der Waals surface area contributed by atoms with Gasteiger partial charge in [0.2, 0.25) is 0 Å². The molecule has 0 amide bonds. The van der Waals surface area contributed by atoms with E-state index in [0.29, 0.717) is 10.9 Å². The number of hydrogen-bond donors (Lipinski definition) is 0. The Hall–Kier alpha value is -3.37. The molecule has 4 rings (SSSR count). The molecule has 4 aromatic carbocycles. The Morgan fingerprint density at radius 2 is 1.37 bits per heavy atom. The van der Waals surface area contributed by atoms with Gasteiger partial charge >= 0.3 is 0 Å². The molecule has 0 atom stereocenters. The first kappa shape index (κ1) is 19.9. The Labute approximate surface area is 178 Å². The van der Waals surface area contributed by atoms with Gasteiger partial charge in [-0.1, -0.05) is 92.8 Å². The SMILES string of the molecule is CCCc1ccc2c(F)c(C#Cc3ccc(-c4ccc(CC)cc4)cc3)ccc2c1. The highest BCUT2D eigenvalue weighted by Crippen LogP contribution is 2.23. The topological polar surface area (TPSA) is 0 Å². The molecule has 0 radical (unpaired) electrons. The van der Waals surface area contributed by atoms with Crippen molar-refractivity contribution in [1.29, 1.82) is 0 Å². The highest BCUT2D eigenvalue weighted by Gasteiger charge is 2.06. The van der Waals surface area contributed by atoms with Gasteiger partial charge < -0.3 is 0 Å². The summed E-state index contributed by atoms with van der Waals surface area (Å²) in [5.41, 5.74) is 6.23. The van der Waals surface area contributed by atoms with E-state index in [1.807, 2.05) is 30.3 Å². The largest absolute Gasteiger partial charge is 0.205 e. The fourth-order valence-corrected chi connectivity index (χ4v) is 3.70. The van der Waals surface area contributed by atoms with Crippen molar-refractivity contribution < 1.29 is 4.39 Å². The van der Waals surface area contributed by atoms with E-state index >= 15 is 0 Å². The zero-order chi connectivity index (χ0) is 20.9. The number of halogens is 1. The van der Waals surface area contributed by atoms with Gasteiger partial charge in [0.05, 0.1) is 5.56 Å². The van der Waals surface area contributed by atoms with E-state index in [1.54, 1.807) is 6.07 Å². The third-order valence-corrected chi connectivity index (χ3v) is 5.48. The molecule has 0 N–H and O–H groups in total. The lowest BCUT2D eigenvalue weighted by Gasteiger charge is -2.05. The van der Waals surface area contributed by atoms with Crippen molar-refractivity contribution in [2.45, 2.75) is 33.1 Å². The summed E-state index contributed by atoms with van der Waals surface area (Å²) in [4.78, 5) is 0. The van der Waals surface area contributed by atoms with Crippen LogP contribution in [0.2, 0.25) is 0 Å². The van der Waals surface area contributed by atoms with Gasteiger partial charge in [0.25, 0.3) is 0 Å². The lowest BCUT2D eigenvalue weighted by molar-refractivity contribution is 0.636. The number of fused-ring (bicyclic) bond motifs is 1.